The second-order valence-corrected chi connectivity index (χ2v) is 16.9. The third-order valence-electron chi connectivity index (χ3n) is 3.04. The van der Waals surface area contributed by atoms with Crippen LogP contribution in [0.1, 0.15) is 13.8 Å². The van der Waals surface area contributed by atoms with E-state index in [2.05, 4.69) is 0 Å². The molecule has 6 nitrogen and oxygen atoms in total. The lowest BCUT2D eigenvalue weighted by molar-refractivity contribution is 0.573. The standard InChI is InChI=1S/C8H20O6S3Si/c1-6-18(7-2)8(15(3,9)10,16(4,11)12)17(5,13)14/h18H,6-7H2,1-5H3. The van der Waals surface area contributed by atoms with Gasteiger partial charge in [-0.2, -0.15) is 0 Å². The first-order chi connectivity index (χ1) is 7.77. The van der Waals surface area contributed by atoms with Gasteiger partial charge in [0, 0.05) is 18.8 Å². The summed E-state index contributed by atoms with van der Waals surface area (Å²) in [4.78, 5) is 0. The van der Waals surface area contributed by atoms with Crippen molar-refractivity contribution in [2.24, 2.45) is 0 Å². The average Bonchev–Trinajstić information content (AvgIpc) is 2.06. The first-order valence-electron chi connectivity index (χ1n) is 5.36. The van der Waals surface area contributed by atoms with E-state index < -0.39 is 41.3 Å². The number of hydrogen-bond acceptors (Lipinski definition) is 6. The van der Waals surface area contributed by atoms with E-state index in [4.69, 9.17) is 0 Å². The molecule has 0 rings (SSSR count). The van der Waals surface area contributed by atoms with E-state index in [0.717, 1.165) is 0 Å². The van der Waals surface area contributed by atoms with Crippen molar-refractivity contribution in [3.63, 3.8) is 0 Å². The Kier molecular flexibility index (Phi) is 5.23. The summed E-state index contributed by atoms with van der Waals surface area (Å²) in [5, 5.41) is 0. The molecule has 0 N–H and O–H groups in total. The molecule has 0 spiro atoms. The summed E-state index contributed by atoms with van der Waals surface area (Å²) in [6, 6.07) is 0.563. The molecule has 0 heterocycles. The van der Waals surface area contributed by atoms with Crippen LogP contribution in [0, 0.1) is 0 Å². The van der Waals surface area contributed by atoms with Gasteiger partial charge in [0.2, 0.25) is 0 Å². The second kappa shape index (κ2) is 5.21. The highest BCUT2D eigenvalue weighted by Crippen LogP contribution is 2.35. The van der Waals surface area contributed by atoms with Crippen molar-refractivity contribution in [3.8, 4) is 0 Å². The van der Waals surface area contributed by atoms with Crippen LogP contribution in [0.25, 0.3) is 0 Å². The van der Waals surface area contributed by atoms with Crippen molar-refractivity contribution in [3.05, 3.63) is 0 Å². The average molecular weight is 337 g/mol. The van der Waals surface area contributed by atoms with E-state index in [1.54, 1.807) is 13.8 Å². The zero-order valence-corrected chi connectivity index (χ0v) is 14.8. The van der Waals surface area contributed by atoms with E-state index in [-0.39, 0.29) is 12.1 Å². The first-order valence-corrected chi connectivity index (χ1v) is 13.2. The Morgan fingerprint density at radius 1 is 0.722 bits per heavy atom. The van der Waals surface area contributed by atoms with E-state index in [1.165, 1.54) is 0 Å². The van der Waals surface area contributed by atoms with Gasteiger partial charge < -0.3 is 0 Å². The SMILES string of the molecule is CC[SiH](CC)C(S(C)(=O)=O)(S(C)(=O)=O)S(C)(=O)=O. The summed E-state index contributed by atoms with van der Waals surface area (Å²) >= 11 is 0. The van der Waals surface area contributed by atoms with Gasteiger partial charge in [-0.05, 0) is 0 Å². The van der Waals surface area contributed by atoms with Crippen molar-refractivity contribution in [1.29, 1.82) is 0 Å². The van der Waals surface area contributed by atoms with Crippen LogP contribution in [0.3, 0.4) is 0 Å². The predicted molar refractivity (Wildman–Crippen MR) is 75.4 cm³/mol. The second-order valence-electron chi connectivity index (χ2n) is 4.43. The van der Waals surface area contributed by atoms with Crippen LogP contribution < -0.4 is 0 Å². The van der Waals surface area contributed by atoms with E-state index in [1.807, 2.05) is 0 Å². The molecule has 0 aliphatic carbocycles. The number of sulfone groups is 3. The Morgan fingerprint density at radius 2 is 0.944 bits per heavy atom. The molecule has 0 aliphatic heterocycles. The molecule has 0 atom stereocenters. The van der Waals surface area contributed by atoms with Gasteiger partial charge in [0.1, 0.15) is 8.80 Å². The molecule has 0 fully saturated rings. The van der Waals surface area contributed by atoms with Gasteiger partial charge in [0.05, 0.1) is 0 Å². The Balaban J connectivity index is 6.88. The maximum Gasteiger partial charge on any atom is 0.253 e. The summed E-state index contributed by atoms with van der Waals surface area (Å²) in [7, 11) is -15.4. The molecule has 0 saturated heterocycles. The van der Waals surface area contributed by atoms with Crippen LogP contribution in [-0.2, 0) is 29.5 Å². The molecule has 0 aromatic rings. The fraction of sp³-hybridized carbons (Fsp3) is 1.00. The molecule has 0 saturated carbocycles. The molecule has 0 aromatic heterocycles. The van der Waals surface area contributed by atoms with Crippen molar-refractivity contribution in [1.82, 2.24) is 0 Å². The molecular formula is C8H20O6S3Si. The molecule has 18 heavy (non-hydrogen) atoms. The number of hydrogen-bond donors (Lipinski definition) is 0. The Morgan fingerprint density at radius 3 is 1.00 bits per heavy atom. The molecule has 0 bridgehead atoms. The highest BCUT2D eigenvalue weighted by molar-refractivity contribution is 8.28. The smallest absolute Gasteiger partial charge is 0.227 e. The lowest BCUT2D eigenvalue weighted by Gasteiger charge is -2.34. The summed E-state index contributed by atoms with van der Waals surface area (Å²) in [5.41, 5.74) is 0. The molecule has 0 unspecified atom stereocenters. The van der Waals surface area contributed by atoms with Gasteiger partial charge in [-0.25, -0.2) is 25.3 Å². The number of rotatable bonds is 6. The zero-order chi connectivity index (χ0) is 15.0. The highest BCUT2D eigenvalue weighted by atomic mass is 32.3. The van der Waals surface area contributed by atoms with E-state index >= 15 is 0 Å². The van der Waals surface area contributed by atoms with Crippen LogP contribution in [0.5, 0.6) is 0 Å². The van der Waals surface area contributed by atoms with E-state index in [9.17, 15) is 25.3 Å². The highest BCUT2D eigenvalue weighted by Gasteiger charge is 2.63. The van der Waals surface area contributed by atoms with Gasteiger partial charge in [0.25, 0.3) is 3.03 Å². The fourth-order valence-corrected chi connectivity index (χ4v) is 21.0. The van der Waals surface area contributed by atoms with Crippen molar-refractivity contribution < 1.29 is 25.3 Å². The minimum Gasteiger partial charge on any atom is -0.227 e. The summed E-state index contributed by atoms with van der Waals surface area (Å²) < 4.78 is 69.3. The van der Waals surface area contributed by atoms with Crippen molar-refractivity contribution >= 4 is 38.3 Å². The minimum atomic E-state index is -4.28. The first kappa shape index (κ1) is 18.1. The fourth-order valence-electron chi connectivity index (χ4n) is 2.52. The summed E-state index contributed by atoms with van der Waals surface area (Å²) in [6.45, 7) is 3.27. The largest absolute Gasteiger partial charge is 0.253 e. The molecule has 10 heteroatoms. The molecule has 0 radical (unpaired) electrons. The predicted octanol–water partition coefficient (Wildman–Crippen LogP) is -0.420. The van der Waals surface area contributed by atoms with Crippen LogP contribution in [-0.4, -0.2) is 55.9 Å². The summed E-state index contributed by atoms with van der Waals surface area (Å²) in [6.07, 6.45) is 2.08. The Bertz CT molecular complexity index is 518. The van der Waals surface area contributed by atoms with Crippen molar-refractivity contribution in [2.75, 3.05) is 18.8 Å². The van der Waals surface area contributed by atoms with Gasteiger partial charge in [-0.1, -0.05) is 25.9 Å². The quantitative estimate of drug-likeness (QED) is 0.610. The van der Waals surface area contributed by atoms with Gasteiger partial charge in [-0.3, -0.25) is 0 Å². The van der Waals surface area contributed by atoms with Crippen LogP contribution in [0.15, 0.2) is 0 Å². The third-order valence-corrected chi connectivity index (χ3v) is 21.4. The van der Waals surface area contributed by atoms with Crippen molar-refractivity contribution in [2.45, 2.75) is 29.0 Å². The van der Waals surface area contributed by atoms with Crippen LogP contribution in [0.4, 0.5) is 0 Å². The molecule has 110 valence electrons. The van der Waals surface area contributed by atoms with Crippen LogP contribution in [0.2, 0.25) is 12.1 Å². The minimum absolute atomic E-state index is 0.281. The van der Waals surface area contributed by atoms with E-state index in [0.29, 0.717) is 18.8 Å². The Labute approximate surface area is 111 Å². The maximum atomic E-state index is 12.0. The van der Waals surface area contributed by atoms with Gasteiger partial charge in [-0.15, -0.1) is 0 Å². The maximum absolute atomic E-state index is 12.0. The lowest BCUT2D eigenvalue weighted by Crippen LogP contribution is -2.61. The molecular weight excluding hydrogens is 316 g/mol. The normalized spacial score (nSPS) is 15.0. The zero-order valence-electron chi connectivity index (χ0n) is 11.2. The monoisotopic (exact) mass is 336 g/mol. The lowest BCUT2D eigenvalue weighted by atomic mass is 10.9. The molecule has 0 amide bonds. The van der Waals surface area contributed by atoms with Gasteiger partial charge >= 0.3 is 0 Å². The van der Waals surface area contributed by atoms with Crippen LogP contribution >= 0.6 is 0 Å². The summed E-state index contributed by atoms with van der Waals surface area (Å²) in [5.74, 6) is 0. The van der Waals surface area contributed by atoms with Gasteiger partial charge in [0.15, 0.2) is 29.5 Å². The molecule has 0 aromatic carbocycles. The topological polar surface area (TPSA) is 102 Å². The third kappa shape index (κ3) is 2.65. The Hall–Kier alpha value is 0.0669. The molecule has 0 aliphatic rings.